The highest BCUT2D eigenvalue weighted by Gasteiger charge is 2.23. The first-order chi connectivity index (χ1) is 10.6. The van der Waals surface area contributed by atoms with Crippen LogP contribution >= 0.6 is 11.3 Å². The molecule has 0 saturated heterocycles. The van der Waals surface area contributed by atoms with E-state index in [-0.39, 0.29) is 11.6 Å². The maximum Gasteiger partial charge on any atom is 0.187 e. The first-order valence-electron chi connectivity index (χ1n) is 6.80. The van der Waals surface area contributed by atoms with Crippen LogP contribution in [-0.4, -0.2) is 10.8 Å². The predicted octanol–water partition coefficient (Wildman–Crippen LogP) is 3.84. The molecule has 22 heavy (non-hydrogen) atoms. The van der Waals surface area contributed by atoms with Gasteiger partial charge in [-0.05, 0) is 47.4 Å². The topological polar surface area (TPSA) is 56.0 Å². The van der Waals surface area contributed by atoms with E-state index in [4.69, 9.17) is 5.73 Å². The molecule has 5 heteroatoms. The standard InChI is InChI=1S/C17H11FN2OS/c18-12-3-1-2-9(7-12)11-6-10-4-5-13-16(22-17(19)20-13)15(10)14(21)8-11/h1-5,7-8H,6H2,(H2,19,20). The number of nitrogens with zero attached hydrogens (tertiary/aromatic N) is 1. The zero-order valence-electron chi connectivity index (χ0n) is 11.5. The third kappa shape index (κ3) is 2.02. The lowest BCUT2D eigenvalue weighted by molar-refractivity contribution is 0.104. The molecule has 1 aliphatic carbocycles. The molecule has 2 aromatic carbocycles. The molecule has 0 aliphatic heterocycles. The van der Waals surface area contributed by atoms with Gasteiger partial charge in [0.2, 0.25) is 0 Å². The molecule has 4 rings (SSSR count). The fourth-order valence-corrected chi connectivity index (χ4v) is 3.73. The second kappa shape index (κ2) is 4.74. The lowest BCUT2D eigenvalue weighted by Gasteiger charge is -2.17. The Morgan fingerprint density at radius 3 is 2.91 bits per heavy atom. The van der Waals surface area contributed by atoms with Gasteiger partial charge in [0, 0.05) is 5.56 Å². The summed E-state index contributed by atoms with van der Waals surface area (Å²) in [7, 11) is 0. The minimum absolute atomic E-state index is 0.0743. The number of carbonyl (C=O) groups excluding carboxylic acids is 1. The first-order valence-corrected chi connectivity index (χ1v) is 7.62. The molecule has 3 nitrogen and oxygen atoms in total. The second-order valence-corrected chi connectivity index (χ2v) is 6.25. The summed E-state index contributed by atoms with van der Waals surface area (Å²) in [6.07, 6.45) is 2.19. The van der Waals surface area contributed by atoms with Crippen LogP contribution in [0.5, 0.6) is 0 Å². The average Bonchev–Trinajstić information content (AvgIpc) is 2.87. The van der Waals surface area contributed by atoms with Crippen molar-refractivity contribution in [2.75, 3.05) is 5.73 Å². The molecule has 108 valence electrons. The Kier molecular flexibility index (Phi) is 2.84. The SMILES string of the molecule is Nc1nc2ccc3c(c2s1)C(=O)C=C(c1cccc(F)c1)C3. The zero-order valence-corrected chi connectivity index (χ0v) is 12.3. The van der Waals surface area contributed by atoms with Crippen molar-refractivity contribution in [2.24, 2.45) is 0 Å². The lowest BCUT2D eigenvalue weighted by Crippen LogP contribution is -2.09. The minimum atomic E-state index is -0.303. The van der Waals surface area contributed by atoms with Crippen LogP contribution in [0.1, 0.15) is 21.5 Å². The Labute approximate surface area is 129 Å². The second-order valence-electron chi connectivity index (χ2n) is 5.22. The molecule has 0 saturated carbocycles. The molecule has 0 fully saturated rings. The zero-order chi connectivity index (χ0) is 15.3. The maximum absolute atomic E-state index is 13.4. The van der Waals surface area contributed by atoms with Gasteiger partial charge in [-0.15, -0.1) is 0 Å². The minimum Gasteiger partial charge on any atom is -0.375 e. The van der Waals surface area contributed by atoms with E-state index >= 15 is 0 Å². The molecule has 0 radical (unpaired) electrons. The van der Waals surface area contributed by atoms with Crippen LogP contribution in [0.25, 0.3) is 15.8 Å². The number of ketones is 1. The van der Waals surface area contributed by atoms with E-state index in [0.717, 1.165) is 26.9 Å². The van der Waals surface area contributed by atoms with E-state index in [1.54, 1.807) is 12.1 Å². The van der Waals surface area contributed by atoms with Crippen LogP contribution in [0.4, 0.5) is 9.52 Å². The molecule has 2 N–H and O–H groups in total. The Hall–Kier alpha value is -2.53. The van der Waals surface area contributed by atoms with Gasteiger partial charge in [0.1, 0.15) is 5.82 Å². The van der Waals surface area contributed by atoms with E-state index in [1.165, 1.54) is 23.5 Å². The van der Waals surface area contributed by atoms with Gasteiger partial charge in [0.05, 0.1) is 10.2 Å². The fourth-order valence-electron chi connectivity index (χ4n) is 2.83. The van der Waals surface area contributed by atoms with Crippen LogP contribution in [-0.2, 0) is 6.42 Å². The Morgan fingerprint density at radius 1 is 1.23 bits per heavy atom. The molecule has 0 spiro atoms. The van der Waals surface area contributed by atoms with Crippen molar-refractivity contribution in [3.8, 4) is 0 Å². The van der Waals surface area contributed by atoms with Gasteiger partial charge < -0.3 is 5.73 Å². The predicted molar refractivity (Wildman–Crippen MR) is 86.4 cm³/mol. The number of hydrogen-bond acceptors (Lipinski definition) is 4. The molecular formula is C17H11FN2OS. The molecule has 0 bridgehead atoms. The molecule has 1 heterocycles. The van der Waals surface area contributed by atoms with Gasteiger partial charge in [-0.2, -0.15) is 0 Å². The van der Waals surface area contributed by atoms with Gasteiger partial charge >= 0.3 is 0 Å². The number of nitrogens with two attached hydrogens (primary N) is 1. The van der Waals surface area contributed by atoms with Crippen molar-refractivity contribution in [2.45, 2.75) is 6.42 Å². The number of nitrogen functional groups attached to an aromatic ring is 1. The van der Waals surface area contributed by atoms with E-state index < -0.39 is 0 Å². The molecular weight excluding hydrogens is 299 g/mol. The van der Waals surface area contributed by atoms with Crippen molar-refractivity contribution in [3.05, 3.63) is 65.0 Å². The maximum atomic E-state index is 13.4. The van der Waals surface area contributed by atoms with Crippen molar-refractivity contribution >= 4 is 38.0 Å². The highest BCUT2D eigenvalue weighted by atomic mass is 32.1. The summed E-state index contributed by atoms with van der Waals surface area (Å²) in [6, 6.07) is 10.1. The summed E-state index contributed by atoms with van der Waals surface area (Å²) >= 11 is 1.33. The average molecular weight is 310 g/mol. The number of halogens is 1. The van der Waals surface area contributed by atoms with Crippen LogP contribution < -0.4 is 5.73 Å². The normalized spacial score (nSPS) is 14.0. The summed E-state index contributed by atoms with van der Waals surface area (Å²) in [6.45, 7) is 0. The summed E-state index contributed by atoms with van der Waals surface area (Å²) in [5.41, 5.74) is 9.66. The quantitative estimate of drug-likeness (QED) is 0.743. The van der Waals surface area contributed by atoms with E-state index in [1.807, 2.05) is 18.2 Å². The number of thiazole rings is 1. The first kappa shape index (κ1) is 13.2. The summed E-state index contributed by atoms with van der Waals surface area (Å²) in [5, 5.41) is 0.455. The van der Waals surface area contributed by atoms with Crippen LogP contribution in [0.15, 0.2) is 42.5 Å². The number of hydrogen-bond donors (Lipinski definition) is 1. The van der Waals surface area contributed by atoms with Crippen molar-refractivity contribution in [1.29, 1.82) is 0 Å². The van der Waals surface area contributed by atoms with Crippen molar-refractivity contribution in [1.82, 2.24) is 4.98 Å². The van der Waals surface area contributed by atoms with E-state index in [9.17, 15) is 9.18 Å². The van der Waals surface area contributed by atoms with E-state index in [2.05, 4.69) is 4.98 Å². The molecule has 0 unspecified atom stereocenters. The number of benzene rings is 2. The fraction of sp³-hybridized carbons (Fsp3) is 0.0588. The third-order valence-electron chi connectivity index (χ3n) is 3.79. The number of aromatic nitrogens is 1. The highest BCUT2D eigenvalue weighted by Crippen LogP contribution is 2.35. The summed E-state index contributed by atoms with van der Waals surface area (Å²) in [4.78, 5) is 16.8. The largest absolute Gasteiger partial charge is 0.375 e. The van der Waals surface area contributed by atoms with Gasteiger partial charge in [0.25, 0.3) is 0 Å². The Morgan fingerprint density at radius 2 is 2.09 bits per heavy atom. The molecule has 1 aromatic heterocycles. The van der Waals surface area contributed by atoms with Crippen LogP contribution in [0.3, 0.4) is 0 Å². The van der Waals surface area contributed by atoms with Crippen molar-refractivity contribution in [3.63, 3.8) is 0 Å². The number of allylic oxidation sites excluding steroid dienone is 2. The van der Waals surface area contributed by atoms with Crippen molar-refractivity contribution < 1.29 is 9.18 Å². The number of fused-ring (bicyclic) bond motifs is 3. The third-order valence-corrected chi connectivity index (χ3v) is 4.71. The Bertz CT molecular complexity index is 958. The van der Waals surface area contributed by atoms with Gasteiger partial charge in [-0.1, -0.05) is 29.5 Å². The molecule has 0 atom stereocenters. The molecule has 3 aromatic rings. The van der Waals surface area contributed by atoms with Gasteiger partial charge in [-0.25, -0.2) is 9.37 Å². The number of anilines is 1. The highest BCUT2D eigenvalue weighted by molar-refractivity contribution is 7.22. The lowest BCUT2D eigenvalue weighted by atomic mass is 9.87. The molecule has 0 amide bonds. The van der Waals surface area contributed by atoms with Crippen LogP contribution in [0.2, 0.25) is 0 Å². The van der Waals surface area contributed by atoms with E-state index in [0.29, 0.717) is 17.1 Å². The molecule has 1 aliphatic rings. The Balaban J connectivity index is 1.86. The summed E-state index contributed by atoms with van der Waals surface area (Å²) in [5.74, 6) is -0.378. The smallest absolute Gasteiger partial charge is 0.187 e. The van der Waals surface area contributed by atoms with Gasteiger partial charge in [0.15, 0.2) is 10.9 Å². The number of rotatable bonds is 1. The van der Waals surface area contributed by atoms with Crippen LogP contribution in [0, 0.1) is 5.82 Å². The summed E-state index contributed by atoms with van der Waals surface area (Å²) < 4.78 is 14.2. The number of carbonyl (C=O) groups is 1. The monoisotopic (exact) mass is 310 g/mol. The van der Waals surface area contributed by atoms with Gasteiger partial charge in [-0.3, -0.25) is 4.79 Å².